The van der Waals surface area contributed by atoms with Crippen molar-refractivity contribution in [1.82, 2.24) is 9.88 Å². The third-order valence-corrected chi connectivity index (χ3v) is 5.29. The summed E-state index contributed by atoms with van der Waals surface area (Å²) in [6, 6.07) is 4.70. The second-order valence-corrected chi connectivity index (χ2v) is 8.77. The lowest BCUT2D eigenvalue weighted by atomic mass is 9.98. The van der Waals surface area contributed by atoms with Crippen molar-refractivity contribution in [3.8, 4) is 0 Å². The zero-order valence-corrected chi connectivity index (χ0v) is 16.5. The van der Waals surface area contributed by atoms with Gasteiger partial charge in [0, 0.05) is 31.8 Å². The van der Waals surface area contributed by atoms with Gasteiger partial charge in [0.15, 0.2) is 5.13 Å². The molecule has 1 aromatic heterocycles. The maximum atomic E-state index is 12.3. The highest BCUT2D eigenvalue weighted by molar-refractivity contribution is 7.22. The van der Waals surface area contributed by atoms with E-state index < -0.39 is 10.5 Å². The number of amides is 1. The van der Waals surface area contributed by atoms with Crippen molar-refractivity contribution in [2.24, 2.45) is 5.92 Å². The molecule has 1 fully saturated rings. The Hall–Kier alpha value is -2.42. The average Bonchev–Trinajstić information content (AvgIpc) is 3.00. The Balaban J connectivity index is 1.58. The number of nitrogens with one attached hydrogen (secondary N) is 1. The molecule has 0 saturated carbocycles. The molecule has 2 heterocycles. The van der Waals surface area contributed by atoms with Crippen LogP contribution in [0.25, 0.3) is 10.2 Å². The molecule has 2 aromatic rings. The third-order valence-electron chi connectivity index (χ3n) is 4.29. The summed E-state index contributed by atoms with van der Waals surface area (Å²) in [6.45, 7) is 7.66. The molecule has 27 heavy (non-hydrogen) atoms. The van der Waals surface area contributed by atoms with Gasteiger partial charge < -0.3 is 15.0 Å². The number of nitro benzene ring substituents is 1. The van der Waals surface area contributed by atoms with Crippen LogP contribution >= 0.6 is 11.3 Å². The molecular formula is C18H24N4O4S. The van der Waals surface area contributed by atoms with Gasteiger partial charge in [-0.1, -0.05) is 11.3 Å². The molecule has 1 N–H and O–H groups in total. The fourth-order valence-corrected chi connectivity index (χ4v) is 3.91. The molecule has 1 atom stereocenters. The molecular weight excluding hydrogens is 368 g/mol. The molecule has 0 radical (unpaired) electrons. The SMILES string of the molecule is CC(C)(C)OC(=O)N1CCCC(CNc2nc3cc([N+](=O)[O-])ccc3s2)C1. The minimum atomic E-state index is -0.494. The lowest BCUT2D eigenvalue weighted by molar-refractivity contribution is -0.384. The van der Waals surface area contributed by atoms with Crippen molar-refractivity contribution in [2.45, 2.75) is 39.2 Å². The summed E-state index contributed by atoms with van der Waals surface area (Å²) < 4.78 is 6.36. The first-order valence-corrected chi connectivity index (χ1v) is 9.80. The molecule has 3 rings (SSSR count). The Bertz CT molecular complexity index is 845. The normalized spacial score (nSPS) is 17.7. The van der Waals surface area contributed by atoms with E-state index in [2.05, 4.69) is 10.3 Å². The Labute approximate surface area is 161 Å². The van der Waals surface area contributed by atoms with Crippen molar-refractivity contribution in [3.63, 3.8) is 0 Å². The van der Waals surface area contributed by atoms with E-state index in [0.29, 0.717) is 24.5 Å². The highest BCUT2D eigenvalue weighted by atomic mass is 32.1. The minimum Gasteiger partial charge on any atom is -0.444 e. The van der Waals surface area contributed by atoms with E-state index in [4.69, 9.17) is 4.74 Å². The van der Waals surface area contributed by atoms with Gasteiger partial charge in [0.25, 0.3) is 5.69 Å². The fourth-order valence-electron chi connectivity index (χ4n) is 3.06. The van der Waals surface area contributed by atoms with E-state index in [9.17, 15) is 14.9 Å². The number of non-ortho nitro benzene ring substituents is 1. The second-order valence-electron chi connectivity index (χ2n) is 7.74. The molecule has 1 aromatic carbocycles. The lowest BCUT2D eigenvalue weighted by Crippen LogP contribution is -2.44. The molecule has 8 nitrogen and oxygen atoms in total. The number of ether oxygens (including phenoxy) is 1. The molecule has 1 aliphatic rings. The van der Waals surface area contributed by atoms with Crippen molar-refractivity contribution < 1.29 is 14.5 Å². The second kappa shape index (κ2) is 7.67. The summed E-state index contributed by atoms with van der Waals surface area (Å²) in [5.74, 6) is 0.313. The van der Waals surface area contributed by atoms with Crippen LogP contribution in [0.4, 0.5) is 15.6 Å². The number of anilines is 1. The number of hydrogen-bond donors (Lipinski definition) is 1. The first-order chi connectivity index (χ1) is 12.7. The Kier molecular flexibility index (Phi) is 5.50. The quantitative estimate of drug-likeness (QED) is 0.616. The molecule has 1 saturated heterocycles. The number of nitrogens with zero attached hydrogens (tertiary/aromatic N) is 3. The van der Waals surface area contributed by atoms with Gasteiger partial charge in [-0.3, -0.25) is 10.1 Å². The summed E-state index contributed by atoms with van der Waals surface area (Å²) in [5.41, 5.74) is 0.168. The van der Waals surface area contributed by atoms with E-state index in [1.165, 1.54) is 23.5 Å². The van der Waals surface area contributed by atoms with Crippen LogP contribution in [0.5, 0.6) is 0 Å². The van der Waals surface area contributed by atoms with Crippen molar-refractivity contribution in [1.29, 1.82) is 0 Å². The van der Waals surface area contributed by atoms with Crippen LogP contribution in [-0.2, 0) is 4.74 Å². The molecule has 1 unspecified atom stereocenters. The Morgan fingerprint density at radius 1 is 1.48 bits per heavy atom. The molecule has 0 spiro atoms. The van der Waals surface area contributed by atoms with Crippen LogP contribution in [0, 0.1) is 16.0 Å². The minimum absolute atomic E-state index is 0.0413. The van der Waals surface area contributed by atoms with Crippen LogP contribution in [0.15, 0.2) is 18.2 Å². The van der Waals surface area contributed by atoms with E-state index in [-0.39, 0.29) is 11.8 Å². The zero-order valence-electron chi connectivity index (χ0n) is 15.7. The number of hydrogen-bond acceptors (Lipinski definition) is 7. The first kappa shape index (κ1) is 19.3. The van der Waals surface area contributed by atoms with E-state index in [0.717, 1.165) is 29.2 Å². The predicted octanol–water partition coefficient (Wildman–Crippen LogP) is 4.26. The van der Waals surface area contributed by atoms with E-state index in [1.807, 2.05) is 20.8 Å². The number of carbonyl (C=O) groups is 1. The van der Waals surface area contributed by atoms with Gasteiger partial charge in [0.1, 0.15) is 5.60 Å². The van der Waals surface area contributed by atoms with Crippen molar-refractivity contribution in [3.05, 3.63) is 28.3 Å². The number of likely N-dealkylation sites (tertiary alicyclic amines) is 1. The van der Waals surface area contributed by atoms with Gasteiger partial charge in [-0.2, -0.15) is 0 Å². The average molecular weight is 392 g/mol. The molecule has 1 amide bonds. The van der Waals surface area contributed by atoms with Crippen LogP contribution in [0.2, 0.25) is 0 Å². The van der Waals surface area contributed by atoms with Crippen molar-refractivity contribution in [2.75, 3.05) is 25.0 Å². The summed E-state index contributed by atoms with van der Waals surface area (Å²) in [7, 11) is 0. The van der Waals surface area contributed by atoms with Crippen LogP contribution < -0.4 is 5.32 Å². The maximum Gasteiger partial charge on any atom is 0.410 e. The standard InChI is InChI=1S/C18H24N4O4S/c1-18(2,3)26-17(23)21-8-4-5-12(11-21)10-19-16-20-14-9-13(22(24)25)6-7-15(14)27-16/h6-7,9,12H,4-5,8,10-11H2,1-3H3,(H,19,20). The summed E-state index contributed by atoms with van der Waals surface area (Å²) in [5, 5.41) is 14.9. The maximum absolute atomic E-state index is 12.3. The lowest BCUT2D eigenvalue weighted by Gasteiger charge is -2.34. The molecule has 0 bridgehead atoms. The van der Waals surface area contributed by atoms with Gasteiger partial charge in [0.2, 0.25) is 0 Å². The number of piperidine rings is 1. The predicted molar refractivity (Wildman–Crippen MR) is 105 cm³/mol. The molecule has 1 aliphatic heterocycles. The summed E-state index contributed by atoms with van der Waals surface area (Å²) in [4.78, 5) is 28.9. The number of benzene rings is 1. The van der Waals surface area contributed by atoms with Gasteiger partial charge >= 0.3 is 6.09 Å². The van der Waals surface area contributed by atoms with Gasteiger partial charge in [0.05, 0.1) is 15.1 Å². The Morgan fingerprint density at radius 2 is 2.26 bits per heavy atom. The molecule has 146 valence electrons. The monoisotopic (exact) mass is 392 g/mol. The van der Waals surface area contributed by atoms with E-state index in [1.54, 1.807) is 11.0 Å². The third kappa shape index (κ3) is 5.06. The number of thiazole rings is 1. The van der Waals surface area contributed by atoms with Gasteiger partial charge in [-0.25, -0.2) is 9.78 Å². The highest BCUT2D eigenvalue weighted by Crippen LogP contribution is 2.29. The first-order valence-electron chi connectivity index (χ1n) is 8.98. The van der Waals surface area contributed by atoms with Gasteiger partial charge in [-0.05, 0) is 45.6 Å². The van der Waals surface area contributed by atoms with Crippen LogP contribution in [-0.4, -0.2) is 46.1 Å². The topological polar surface area (TPSA) is 97.6 Å². The van der Waals surface area contributed by atoms with Gasteiger partial charge in [-0.15, -0.1) is 0 Å². The fraction of sp³-hybridized carbons (Fsp3) is 0.556. The van der Waals surface area contributed by atoms with Crippen LogP contribution in [0.1, 0.15) is 33.6 Å². The van der Waals surface area contributed by atoms with Crippen LogP contribution in [0.3, 0.4) is 0 Å². The number of aromatic nitrogens is 1. The largest absolute Gasteiger partial charge is 0.444 e. The number of carbonyl (C=O) groups excluding carboxylic acids is 1. The Morgan fingerprint density at radius 3 is 2.96 bits per heavy atom. The van der Waals surface area contributed by atoms with Crippen molar-refractivity contribution >= 4 is 38.5 Å². The number of fused-ring (bicyclic) bond motifs is 1. The zero-order chi connectivity index (χ0) is 19.6. The summed E-state index contributed by atoms with van der Waals surface area (Å²) >= 11 is 1.47. The highest BCUT2D eigenvalue weighted by Gasteiger charge is 2.27. The summed E-state index contributed by atoms with van der Waals surface area (Å²) in [6.07, 6.45) is 1.71. The molecule has 0 aliphatic carbocycles. The van der Waals surface area contributed by atoms with E-state index >= 15 is 0 Å². The smallest absolute Gasteiger partial charge is 0.410 e. The molecule has 9 heteroatoms. The number of nitro groups is 1. The number of rotatable bonds is 4.